The van der Waals surface area contributed by atoms with Crippen LogP contribution in [0, 0.1) is 0 Å². The van der Waals surface area contributed by atoms with Crippen LogP contribution in [0.3, 0.4) is 0 Å². The van der Waals surface area contributed by atoms with Crippen molar-refractivity contribution in [3.05, 3.63) is 47.4 Å². The molecule has 2 nitrogen and oxygen atoms in total. The Bertz CT molecular complexity index is 514. The summed E-state index contributed by atoms with van der Waals surface area (Å²) in [5.74, 6) is 1.00. The molecule has 0 amide bonds. The molecule has 2 aromatic rings. The van der Waals surface area contributed by atoms with Gasteiger partial charge in [-0.15, -0.1) is 0 Å². The molecule has 2 rings (SSSR count). The van der Waals surface area contributed by atoms with E-state index in [0.29, 0.717) is 0 Å². The lowest BCUT2D eigenvalue weighted by Gasteiger charge is -2.09. The molecular weight excluding hydrogens is 222 g/mol. The first-order valence-electron chi connectivity index (χ1n) is 6.63. The largest absolute Gasteiger partial charge is 0.467 e. The predicted octanol–water partition coefficient (Wildman–Crippen LogP) is 3.79. The van der Waals surface area contributed by atoms with Gasteiger partial charge < -0.3 is 9.73 Å². The molecule has 1 aromatic carbocycles. The van der Waals surface area contributed by atoms with Crippen LogP contribution in [0.5, 0.6) is 0 Å². The molecule has 1 heterocycles. The SMILES string of the molecule is CCc1ccc(-c2ccoc2CNC)cc1CC. The topological polar surface area (TPSA) is 25.2 Å². The Labute approximate surface area is 109 Å². The van der Waals surface area contributed by atoms with Crippen LogP contribution in [-0.2, 0) is 19.4 Å². The molecule has 2 heteroatoms. The zero-order chi connectivity index (χ0) is 13.0. The minimum absolute atomic E-state index is 0.763. The minimum atomic E-state index is 0.763. The van der Waals surface area contributed by atoms with E-state index in [1.54, 1.807) is 6.26 Å². The third kappa shape index (κ3) is 2.49. The van der Waals surface area contributed by atoms with Gasteiger partial charge in [-0.1, -0.05) is 32.0 Å². The monoisotopic (exact) mass is 243 g/mol. The Hall–Kier alpha value is -1.54. The highest BCUT2D eigenvalue weighted by molar-refractivity contribution is 5.66. The first-order chi connectivity index (χ1) is 8.80. The summed E-state index contributed by atoms with van der Waals surface area (Å²) in [5.41, 5.74) is 5.33. The first-order valence-corrected chi connectivity index (χ1v) is 6.63. The predicted molar refractivity (Wildman–Crippen MR) is 75.7 cm³/mol. The standard InChI is InChI=1S/C16H21NO/c1-4-12-6-7-14(10-13(12)5-2)15-8-9-18-16(15)11-17-3/h6-10,17H,4-5,11H2,1-3H3. The summed E-state index contributed by atoms with van der Waals surface area (Å²) in [6.07, 6.45) is 3.94. The van der Waals surface area contributed by atoms with Crippen molar-refractivity contribution in [2.75, 3.05) is 7.05 Å². The number of rotatable bonds is 5. The molecule has 0 atom stereocenters. The van der Waals surface area contributed by atoms with Crippen molar-refractivity contribution >= 4 is 0 Å². The highest BCUT2D eigenvalue weighted by Crippen LogP contribution is 2.27. The molecule has 0 aliphatic carbocycles. The quantitative estimate of drug-likeness (QED) is 0.864. The van der Waals surface area contributed by atoms with E-state index in [0.717, 1.165) is 25.1 Å². The molecule has 18 heavy (non-hydrogen) atoms. The van der Waals surface area contributed by atoms with Crippen LogP contribution >= 0.6 is 0 Å². The van der Waals surface area contributed by atoms with Crippen LogP contribution in [0.1, 0.15) is 30.7 Å². The first kappa shape index (κ1) is 12.9. The molecule has 0 aliphatic heterocycles. The summed E-state index contributed by atoms with van der Waals surface area (Å²) in [6.45, 7) is 5.18. The van der Waals surface area contributed by atoms with Gasteiger partial charge in [0, 0.05) is 5.56 Å². The normalized spacial score (nSPS) is 10.8. The minimum Gasteiger partial charge on any atom is -0.467 e. The van der Waals surface area contributed by atoms with Crippen LogP contribution in [0.2, 0.25) is 0 Å². The maximum atomic E-state index is 5.53. The number of furan rings is 1. The van der Waals surface area contributed by atoms with Crippen molar-refractivity contribution in [1.82, 2.24) is 5.32 Å². The van der Waals surface area contributed by atoms with E-state index in [-0.39, 0.29) is 0 Å². The van der Waals surface area contributed by atoms with Crippen LogP contribution < -0.4 is 5.32 Å². The Morgan fingerprint density at radius 1 is 1.06 bits per heavy atom. The lowest BCUT2D eigenvalue weighted by molar-refractivity contribution is 0.497. The van der Waals surface area contributed by atoms with Gasteiger partial charge in [0.1, 0.15) is 5.76 Å². The van der Waals surface area contributed by atoms with E-state index in [9.17, 15) is 0 Å². The second kappa shape index (κ2) is 5.87. The van der Waals surface area contributed by atoms with Crippen LogP contribution in [0.25, 0.3) is 11.1 Å². The zero-order valence-electron chi connectivity index (χ0n) is 11.4. The number of hydrogen-bond donors (Lipinski definition) is 1. The molecule has 0 aliphatic rings. The smallest absolute Gasteiger partial charge is 0.125 e. The van der Waals surface area contributed by atoms with Gasteiger partial charge in [0.15, 0.2) is 0 Å². The van der Waals surface area contributed by atoms with Crippen LogP contribution in [0.4, 0.5) is 0 Å². The molecule has 0 spiro atoms. The van der Waals surface area contributed by atoms with Crippen molar-refractivity contribution in [3.8, 4) is 11.1 Å². The van der Waals surface area contributed by atoms with E-state index in [1.165, 1.54) is 22.3 Å². The third-order valence-corrected chi connectivity index (χ3v) is 3.36. The summed E-state index contributed by atoms with van der Waals surface area (Å²) in [6, 6.07) is 8.78. The molecule has 0 bridgehead atoms. The lowest BCUT2D eigenvalue weighted by Crippen LogP contribution is -2.05. The summed E-state index contributed by atoms with van der Waals surface area (Å²) < 4.78 is 5.53. The number of aryl methyl sites for hydroxylation is 2. The summed E-state index contributed by atoms with van der Waals surface area (Å²) in [5, 5.41) is 3.14. The second-order valence-corrected chi connectivity index (χ2v) is 4.48. The fraction of sp³-hybridized carbons (Fsp3) is 0.375. The fourth-order valence-electron chi connectivity index (χ4n) is 2.36. The molecule has 0 saturated heterocycles. The van der Waals surface area contributed by atoms with E-state index in [2.05, 4.69) is 37.4 Å². The Kier molecular flexibility index (Phi) is 4.21. The van der Waals surface area contributed by atoms with Crippen molar-refractivity contribution in [2.24, 2.45) is 0 Å². The van der Waals surface area contributed by atoms with Crippen molar-refractivity contribution in [1.29, 1.82) is 0 Å². The molecular formula is C16H21NO. The molecule has 0 saturated carbocycles. The zero-order valence-corrected chi connectivity index (χ0v) is 11.4. The molecule has 0 unspecified atom stereocenters. The van der Waals surface area contributed by atoms with Crippen LogP contribution in [-0.4, -0.2) is 7.05 Å². The Morgan fingerprint density at radius 2 is 1.83 bits per heavy atom. The fourth-order valence-corrected chi connectivity index (χ4v) is 2.36. The second-order valence-electron chi connectivity index (χ2n) is 4.48. The average Bonchev–Trinajstić information content (AvgIpc) is 2.86. The van der Waals surface area contributed by atoms with E-state index in [1.807, 2.05) is 13.1 Å². The van der Waals surface area contributed by atoms with Crippen LogP contribution in [0.15, 0.2) is 34.9 Å². The van der Waals surface area contributed by atoms with E-state index < -0.39 is 0 Å². The van der Waals surface area contributed by atoms with Gasteiger partial charge in [-0.25, -0.2) is 0 Å². The average molecular weight is 243 g/mol. The molecule has 0 fully saturated rings. The van der Waals surface area contributed by atoms with Crippen molar-refractivity contribution in [2.45, 2.75) is 33.2 Å². The van der Waals surface area contributed by atoms with Gasteiger partial charge in [0.25, 0.3) is 0 Å². The van der Waals surface area contributed by atoms with Gasteiger partial charge in [0.05, 0.1) is 12.8 Å². The molecule has 0 radical (unpaired) electrons. The van der Waals surface area contributed by atoms with Gasteiger partial charge in [-0.05, 0) is 42.6 Å². The van der Waals surface area contributed by atoms with Gasteiger partial charge in [-0.3, -0.25) is 0 Å². The number of nitrogens with one attached hydrogen (secondary N) is 1. The van der Waals surface area contributed by atoms with E-state index in [4.69, 9.17) is 4.42 Å². The van der Waals surface area contributed by atoms with E-state index >= 15 is 0 Å². The summed E-state index contributed by atoms with van der Waals surface area (Å²) in [7, 11) is 1.93. The van der Waals surface area contributed by atoms with Gasteiger partial charge in [-0.2, -0.15) is 0 Å². The Morgan fingerprint density at radius 3 is 2.50 bits per heavy atom. The molecule has 1 N–H and O–H groups in total. The lowest BCUT2D eigenvalue weighted by atomic mass is 9.96. The van der Waals surface area contributed by atoms with Crippen molar-refractivity contribution in [3.63, 3.8) is 0 Å². The van der Waals surface area contributed by atoms with Crippen molar-refractivity contribution < 1.29 is 4.42 Å². The third-order valence-electron chi connectivity index (χ3n) is 3.36. The number of hydrogen-bond acceptors (Lipinski definition) is 2. The number of benzene rings is 1. The maximum Gasteiger partial charge on any atom is 0.125 e. The molecule has 1 aromatic heterocycles. The highest BCUT2D eigenvalue weighted by Gasteiger charge is 2.09. The van der Waals surface area contributed by atoms with Gasteiger partial charge >= 0.3 is 0 Å². The Balaban J connectivity index is 2.41. The van der Waals surface area contributed by atoms with Gasteiger partial charge in [0.2, 0.25) is 0 Å². The summed E-state index contributed by atoms with van der Waals surface area (Å²) >= 11 is 0. The maximum absolute atomic E-state index is 5.53. The highest BCUT2D eigenvalue weighted by atomic mass is 16.3. The summed E-state index contributed by atoms with van der Waals surface area (Å²) in [4.78, 5) is 0. The molecule has 96 valence electrons.